The Morgan fingerprint density at radius 1 is 1.16 bits per heavy atom. The van der Waals surface area contributed by atoms with Gasteiger partial charge in [0.15, 0.2) is 0 Å². The van der Waals surface area contributed by atoms with Crippen molar-refractivity contribution in [2.24, 2.45) is 0 Å². The summed E-state index contributed by atoms with van der Waals surface area (Å²) < 4.78 is 0. The summed E-state index contributed by atoms with van der Waals surface area (Å²) in [7, 11) is 0. The Bertz CT molecular complexity index is 642. The van der Waals surface area contributed by atoms with E-state index in [0.29, 0.717) is 13.0 Å². The first-order valence-corrected chi connectivity index (χ1v) is 9.52. The predicted molar refractivity (Wildman–Crippen MR) is 96.2 cm³/mol. The first kappa shape index (κ1) is 16.6. The van der Waals surface area contributed by atoms with Gasteiger partial charge >= 0.3 is 0 Å². The van der Waals surface area contributed by atoms with Gasteiger partial charge in [0.25, 0.3) is 0 Å². The predicted octanol–water partition coefficient (Wildman–Crippen LogP) is 1.75. The van der Waals surface area contributed by atoms with Gasteiger partial charge < -0.3 is 10.2 Å². The quantitative estimate of drug-likeness (QED) is 0.911. The largest absolute Gasteiger partial charge is 0.349 e. The Balaban J connectivity index is 1.54. The van der Waals surface area contributed by atoms with E-state index in [4.69, 9.17) is 0 Å². The molecule has 4 rings (SSSR count). The van der Waals surface area contributed by atoms with Gasteiger partial charge in [0, 0.05) is 38.5 Å². The molecule has 1 aromatic rings. The molecule has 0 aliphatic carbocycles. The van der Waals surface area contributed by atoms with Crippen LogP contribution in [0.1, 0.15) is 43.6 Å². The number of amides is 2. The fourth-order valence-electron chi connectivity index (χ4n) is 4.84. The van der Waals surface area contributed by atoms with Crippen LogP contribution >= 0.6 is 0 Å². The normalized spacial score (nSPS) is 30.0. The van der Waals surface area contributed by atoms with Gasteiger partial charge in [0.05, 0.1) is 12.1 Å². The second kappa shape index (κ2) is 6.79. The summed E-state index contributed by atoms with van der Waals surface area (Å²) in [6, 6.07) is 10.5. The standard InChI is InChI=1S/C20H27N3O2/c24-18-9-6-10-20(21-18)15-22(14-19(25)23-11-4-5-12-23)13-17(20)16-7-2-1-3-8-16/h1-3,7-8,17H,4-6,9-15H2,(H,21,24)/t17-,20+/m0/s1. The van der Waals surface area contributed by atoms with Crippen molar-refractivity contribution in [3.05, 3.63) is 35.9 Å². The molecule has 0 saturated carbocycles. The highest BCUT2D eigenvalue weighted by Gasteiger charge is 2.49. The smallest absolute Gasteiger partial charge is 0.236 e. The Labute approximate surface area is 149 Å². The van der Waals surface area contributed by atoms with Crippen molar-refractivity contribution in [1.82, 2.24) is 15.1 Å². The molecule has 3 heterocycles. The maximum absolute atomic E-state index is 12.6. The summed E-state index contributed by atoms with van der Waals surface area (Å²) >= 11 is 0. The molecule has 25 heavy (non-hydrogen) atoms. The number of hydrogen-bond donors (Lipinski definition) is 1. The van der Waals surface area contributed by atoms with E-state index in [1.807, 2.05) is 11.0 Å². The van der Waals surface area contributed by atoms with E-state index in [0.717, 1.165) is 51.9 Å². The summed E-state index contributed by atoms with van der Waals surface area (Å²) in [5, 5.41) is 3.31. The number of carbonyl (C=O) groups is 2. The Kier molecular flexibility index (Phi) is 4.50. The number of nitrogens with one attached hydrogen (secondary N) is 1. The topological polar surface area (TPSA) is 52.7 Å². The van der Waals surface area contributed by atoms with Gasteiger partial charge in [-0.2, -0.15) is 0 Å². The van der Waals surface area contributed by atoms with E-state index >= 15 is 0 Å². The van der Waals surface area contributed by atoms with E-state index in [9.17, 15) is 9.59 Å². The highest BCUT2D eigenvalue weighted by molar-refractivity contribution is 5.79. The third-order valence-corrected chi connectivity index (χ3v) is 6.05. The van der Waals surface area contributed by atoms with Crippen LogP contribution in [0.25, 0.3) is 0 Å². The summed E-state index contributed by atoms with van der Waals surface area (Å²) in [4.78, 5) is 29.0. The SMILES string of the molecule is O=C1CCC[C@]2(CN(CC(=O)N3CCCC3)C[C@H]2c2ccccc2)N1. The van der Waals surface area contributed by atoms with Gasteiger partial charge in [0.2, 0.25) is 11.8 Å². The van der Waals surface area contributed by atoms with Gasteiger partial charge in [0.1, 0.15) is 0 Å². The van der Waals surface area contributed by atoms with Crippen molar-refractivity contribution in [2.75, 3.05) is 32.7 Å². The minimum Gasteiger partial charge on any atom is -0.349 e. The molecule has 0 unspecified atom stereocenters. The zero-order valence-corrected chi connectivity index (χ0v) is 14.7. The van der Waals surface area contributed by atoms with Crippen LogP contribution in [0.2, 0.25) is 0 Å². The Morgan fingerprint density at radius 3 is 2.64 bits per heavy atom. The number of piperidine rings is 1. The van der Waals surface area contributed by atoms with Crippen LogP contribution in [0.15, 0.2) is 30.3 Å². The summed E-state index contributed by atoms with van der Waals surface area (Å²) in [6.45, 7) is 3.88. The van der Waals surface area contributed by atoms with Crippen LogP contribution in [0.5, 0.6) is 0 Å². The van der Waals surface area contributed by atoms with E-state index in [2.05, 4.69) is 34.5 Å². The summed E-state index contributed by atoms with van der Waals surface area (Å²) in [5.74, 6) is 0.646. The summed E-state index contributed by atoms with van der Waals surface area (Å²) in [6.07, 6.45) is 4.79. The van der Waals surface area contributed by atoms with Crippen LogP contribution in [0, 0.1) is 0 Å². The van der Waals surface area contributed by atoms with Crippen molar-refractivity contribution in [1.29, 1.82) is 0 Å². The molecule has 0 bridgehead atoms. The lowest BCUT2D eigenvalue weighted by molar-refractivity contribution is -0.131. The van der Waals surface area contributed by atoms with Crippen molar-refractivity contribution in [3.8, 4) is 0 Å². The lowest BCUT2D eigenvalue weighted by Gasteiger charge is -2.39. The number of nitrogens with zero attached hydrogens (tertiary/aromatic N) is 2. The number of likely N-dealkylation sites (tertiary alicyclic amines) is 2. The minimum atomic E-state index is -0.220. The van der Waals surface area contributed by atoms with E-state index in [-0.39, 0.29) is 23.3 Å². The second-order valence-corrected chi connectivity index (χ2v) is 7.78. The molecule has 3 fully saturated rings. The molecule has 0 aromatic heterocycles. The molecule has 3 aliphatic heterocycles. The lowest BCUT2D eigenvalue weighted by atomic mass is 9.76. The highest BCUT2D eigenvalue weighted by Crippen LogP contribution is 2.41. The third kappa shape index (κ3) is 3.30. The maximum Gasteiger partial charge on any atom is 0.236 e. The molecule has 134 valence electrons. The zero-order valence-electron chi connectivity index (χ0n) is 14.7. The molecular formula is C20H27N3O2. The van der Waals surface area contributed by atoms with Gasteiger partial charge in [-0.25, -0.2) is 0 Å². The Hall–Kier alpha value is -1.88. The second-order valence-electron chi connectivity index (χ2n) is 7.78. The molecule has 0 radical (unpaired) electrons. The molecule has 5 heteroatoms. The van der Waals surface area contributed by atoms with Crippen LogP contribution in [0.4, 0.5) is 0 Å². The molecule has 2 amide bonds. The average molecular weight is 341 g/mol. The average Bonchev–Trinajstić information content (AvgIpc) is 3.24. The zero-order chi connectivity index (χ0) is 17.3. The van der Waals surface area contributed by atoms with Crippen molar-refractivity contribution < 1.29 is 9.59 Å². The van der Waals surface area contributed by atoms with Crippen LogP contribution in [-0.4, -0.2) is 59.9 Å². The van der Waals surface area contributed by atoms with E-state index in [1.165, 1.54) is 5.56 Å². The fourth-order valence-corrected chi connectivity index (χ4v) is 4.84. The monoisotopic (exact) mass is 341 g/mol. The molecular weight excluding hydrogens is 314 g/mol. The maximum atomic E-state index is 12.6. The van der Waals surface area contributed by atoms with Crippen LogP contribution in [-0.2, 0) is 9.59 Å². The van der Waals surface area contributed by atoms with Gasteiger partial charge in [-0.15, -0.1) is 0 Å². The van der Waals surface area contributed by atoms with E-state index < -0.39 is 0 Å². The Morgan fingerprint density at radius 2 is 1.92 bits per heavy atom. The first-order chi connectivity index (χ1) is 12.2. The molecule has 1 spiro atoms. The fraction of sp³-hybridized carbons (Fsp3) is 0.600. The molecule has 1 N–H and O–H groups in total. The lowest BCUT2D eigenvalue weighted by Crippen LogP contribution is -2.56. The van der Waals surface area contributed by atoms with Crippen molar-refractivity contribution in [3.63, 3.8) is 0 Å². The van der Waals surface area contributed by atoms with Crippen LogP contribution in [0.3, 0.4) is 0 Å². The molecule has 5 nitrogen and oxygen atoms in total. The minimum absolute atomic E-state index is 0.153. The number of hydrogen-bond acceptors (Lipinski definition) is 3. The van der Waals surface area contributed by atoms with Crippen molar-refractivity contribution >= 4 is 11.8 Å². The molecule has 3 saturated heterocycles. The van der Waals surface area contributed by atoms with E-state index in [1.54, 1.807) is 0 Å². The van der Waals surface area contributed by atoms with Gasteiger partial charge in [-0.05, 0) is 31.2 Å². The molecule has 3 aliphatic rings. The summed E-state index contributed by atoms with van der Waals surface area (Å²) in [5.41, 5.74) is 1.04. The van der Waals surface area contributed by atoms with Gasteiger partial charge in [-0.3, -0.25) is 14.5 Å². The number of carbonyl (C=O) groups excluding carboxylic acids is 2. The highest BCUT2D eigenvalue weighted by atomic mass is 16.2. The number of rotatable bonds is 3. The first-order valence-electron chi connectivity index (χ1n) is 9.52. The third-order valence-electron chi connectivity index (χ3n) is 6.05. The van der Waals surface area contributed by atoms with Crippen LogP contribution < -0.4 is 5.32 Å². The molecule has 2 atom stereocenters. The molecule has 1 aromatic carbocycles. The van der Waals surface area contributed by atoms with Crippen molar-refractivity contribution in [2.45, 2.75) is 43.6 Å². The van der Waals surface area contributed by atoms with Gasteiger partial charge in [-0.1, -0.05) is 30.3 Å². The number of benzene rings is 1.